The molecule has 0 saturated heterocycles. The number of H-pyrrole nitrogens is 1. The standard InChI is InChI=1S/C15H12N4O4S/c1-2-23-14(22)8-3-4-9-11(7-8)24-15(16-9)17-13(21)10-5-6-12(20)19-18-10/h3-7H,2H2,1H3,(H,19,20)(H,16,17,21). The van der Waals surface area contributed by atoms with Crippen molar-refractivity contribution in [3.63, 3.8) is 0 Å². The second-order valence-electron chi connectivity index (χ2n) is 4.68. The van der Waals surface area contributed by atoms with Crippen LogP contribution in [0.5, 0.6) is 0 Å². The number of esters is 1. The predicted molar refractivity (Wildman–Crippen MR) is 88.4 cm³/mol. The first kappa shape index (κ1) is 15.8. The number of aromatic amines is 1. The van der Waals surface area contributed by atoms with E-state index in [2.05, 4.69) is 20.5 Å². The number of rotatable bonds is 4. The summed E-state index contributed by atoms with van der Waals surface area (Å²) in [6.45, 7) is 2.04. The molecule has 0 saturated carbocycles. The van der Waals surface area contributed by atoms with Crippen LogP contribution in [0.25, 0.3) is 10.2 Å². The third-order valence-electron chi connectivity index (χ3n) is 3.03. The Bertz CT molecular complexity index is 959. The molecule has 3 aromatic rings. The lowest BCUT2D eigenvalue weighted by Gasteiger charge is -2.00. The molecule has 0 aliphatic carbocycles. The maximum Gasteiger partial charge on any atom is 0.338 e. The monoisotopic (exact) mass is 344 g/mol. The predicted octanol–water partition coefficient (Wildman–Crippen LogP) is 1.81. The van der Waals surface area contributed by atoms with Gasteiger partial charge in [0.05, 0.1) is 22.4 Å². The molecule has 1 aromatic carbocycles. The van der Waals surface area contributed by atoms with Crippen molar-refractivity contribution in [2.24, 2.45) is 0 Å². The third-order valence-corrected chi connectivity index (χ3v) is 3.97. The molecule has 3 rings (SSSR count). The zero-order valence-electron chi connectivity index (χ0n) is 12.5. The number of benzene rings is 1. The van der Waals surface area contributed by atoms with Gasteiger partial charge in [-0.25, -0.2) is 14.9 Å². The number of fused-ring (bicyclic) bond motifs is 1. The third kappa shape index (κ3) is 3.30. The minimum absolute atomic E-state index is 0.0704. The molecule has 0 radical (unpaired) electrons. The highest BCUT2D eigenvalue weighted by Gasteiger charge is 2.13. The Morgan fingerprint density at radius 1 is 1.29 bits per heavy atom. The van der Waals surface area contributed by atoms with Gasteiger partial charge in [-0.05, 0) is 31.2 Å². The van der Waals surface area contributed by atoms with Gasteiger partial charge in [0.2, 0.25) is 0 Å². The number of aromatic nitrogens is 3. The van der Waals surface area contributed by atoms with Crippen LogP contribution in [-0.4, -0.2) is 33.7 Å². The molecule has 0 aliphatic rings. The van der Waals surface area contributed by atoms with E-state index in [9.17, 15) is 14.4 Å². The SMILES string of the molecule is CCOC(=O)c1ccc2nc(NC(=O)c3ccc(=O)[nH]n3)sc2c1. The van der Waals surface area contributed by atoms with E-state index >= 15 is 0 Å². The van der Waals surface area contributed by atoms with Crippen LogP contribution in [0.1, 0.15) is 27.8 Å². The Morgan fingerprint density at radius 3 is 2.83 bits per heavy atom. The number of nitrogens with one attached hydrogen (secondary N) is 2. The van der Waals surface area contributed by atoms with Gasteiger partial charge in [-0.15, -0.1) is 0 Å². The number of hydrogen-bond acceptors (Lipinski definition) is 7. The first-order chi connectivity index (χ1) is 11.6. The summed E-state index contributed by atoms with van der Waals surface area (Å²) in [4.78, 5) is 39.0. The van der Waals surface area contributed by atoms with Crippen molar-refractivity contribution in [2.45, 2.75) is 6.92 Å². The van der Waals surface area contributed by atoms with Gasteiger partial charge >= 0.3 is 5.97 Å². The fraction of sp³-hybridized carbons (Fsp3) is 0.133. The Balaban J connectivity index is 1.82. The summed E-state index contributed by atoms with van der Waals surface area (Å²) in [5, 5.41) is 8.82. The largest absolute Gasteiger partial charge is 0.462 e. The highest BCUT2D eigenvalue weighted by atomic mass is 32.1. The van der Waals surface area contributed by atoms with E-state index in [-0.39, 0.29) is 5.69 Å². The first-order valence-electron chi connectivity index (χ1n) is 7.01. The Labute approximate surface area is 139 Å². The summed E-state index contributed by atoms with van der Waals surface area (Å²) in [7, 11) is 0. The summed E-state index contributed by atoms with van der Waals surface area (Å²) in [6, 6.07) is 7.51. The molecule has 122 valence electrons. The summed E-state index contributed by atoms with van der Waals surface area (Å²) in [5.74, 6) is -0.897. The Hall–Kier alpha value is -3.07. The highest BCUT2D eigenvalue weighted by molar-refractivity contribution is 7.22. The molecule has 2 aromatic heterocycles. The highest BCUT2D eigenvalue weighted by Crippen LogP contribution is 2.27. The van der Waals surface area contributed by atoms with Crippen molar-refractivity contribution < 1.29 is 14.3 Å². The normalized spacial score (nSPS) is 10.5. The Morgan fingerprint density at radius 2 is 2.12 bits per heavy atom. The molecular weight excluding hydrogens is 332 g/mol. The van der Waals surface area contributed by atoms with Gasteiger partial charge < -0.3 is 4.74 Å². The van der Waals surface area contributed by atoms with Gasteiger partial charge in [0.1, 0.15) is 5.69 Å². The molecule has 1 amide bonds. The zero-order valence-corrected chi connectivity index (χ0v) is 13.3. The van der Waals surface area contributed by atoms with Crippen molar-refractivity contribution in [2.75, 3.05) is 11.9 Å². The van der Waals surface area contributed by atoms with Gasteiger partial charge in [0.15, 0.2) is 5.13 Å². The number of carbonyl (C=O) groups is 2. The maximum absolute atomic E-state index is 12.1. The molecule has 24 heavy (non-hydrogen) atoms. The topological polar surface area (TPSA) is 114 Å². The van der Waals surface area contributed by atoms with Crippen LogP contribution in [0.3, 0.4) is 0 Å². The van der Waals surface area contributed by atoms with Crippen LogP contribution in [-0.2, 0) is 4.74 Å². The lowest BCUT2D eigenvalue weighted by Crippen LogP contribution is -2.17. The summed E-state index contributed by atoms with van der Waals surface area (Å²) in [6.07, 6.45) is 0. The molecule has 8 nitrogen and oxygen atoms in total. The van der Waals surface area contributed by atoms with Crippen LogP contribution in [0.4, 0.5) is 5.13 Å². The van der Waals surface area contributed by atoms with Crippen molar-refractivity contribution >= 4 is 38.6 Å². The van der Waals surface area contributed by atoms with E-state index in [4.69, 9.17) is 4.74 Å². The van der Waals surface area contributed by atoms with Crippen LogP contribution < -0.4 is 10.9 Å². The van der Waals surface area contributed by atoms with Crippen molar-refractivity contribution in [3.8, 4) is 0 Å². The van der Waals surface area contributed by atoms with E-state index in [0.717, 1.165) is 4.70 Å². The average Bonchev–Trinajstić information content (AvgIpc) is 2.96. The zero-order chi connectivity index (χ0) is 17.1. The summed E-state index contributed by atoms with van der Waals surface area (Å²) in [5.41, 5.74) is 0.755. The van der Waals surface area contributed by atoms with Gasteiger partial charge in [0.25, 0.3) is 11.5 Å². The molecule has 2 heterocycles. The Kier molecular flexibility index (Phi) is 4.34. The fourth-order valence-corrected chi connectivity index (χ4v) is 2.85. The minimum Gasteiger partial charge on any atom is -0.462 e. The first-order valence-corrected chi connectivity index (χ1v) is 7.83. The van der Waals surface area contributed by atoms with Gasteiger partial charge in [0, 0.05) is 6.07 Å². The molecule has 0 spiro atoms. The molecular formula is C15H12N4O4S. The quantitative estimate of drug-likeness (QED) is 0.698. The van der Waals surface area contributed by atoms with Crippen molar-refractivity contribution in [1.82, 2.24) is 15.2 Å². The number of amides is 1. The van der Waals surface area contributed by atoms with Crippen molar-refractivity contribution in [1.29, 1.82) is 0 Å². The number of thiazole rings is 1. The smallest absolute Gasteiger partial charge is 0.338 e. The lowest BCUT2D eigenvalue weighted by atomic mass is 10.2. The number of hydrogen-bond donors (Lipinski definition) is 2. The second-order valence-corrected chi connectivity index (χ2v) is 5.71. The second kappa shape index (κ2) is 6.59. The number of anilines is 1. The van der Waals surface area contributed by atoms with Crippen molar-refractivity contribution in [3.05, 3.63) is 51.9 Å². The van der Waals surface area contributed by atoms with Gasteiger partial charge in [-0.1, -0.05) is 11.3 Å². The number of nitrogens with zero attached hydrogens (tertiary/aromatic N) is 2. The van der Waals surface area contributed by atoms with Crippen LogP contribution in [0.15, 0.2) is 35.1 Å². The van der Waals surface area contributed by atoms with Crippen LogP contribution in [0.2, 0.25) is 0 Å². The maximum atomic E-state index is 12.1. The van der Waals surface area contributed by atoms with Crippen LogP contribution in [0, 0.1) is 0 Å². The van der Waals surface area contributed by atoms with Crippen LogP contribution >= 0.6 is 11.3 Å². The molecule has 9 heteroatoms. The van der Waals surface area contributed by atoms with E-state index < -0.39 is 17.4 Å². The van der Waals surface area contributed by atoms with E-state index in [1.165, 1.54) is 23.5 Å². The minimum atomic E-state index is -0.490. The lowest BCUT2D eigenvalue weighted by molar-refractivity contribution is 0.0526. The molecule has 0 atom stereocenters. The fourth-order valence-electron chi connectivity index (χ4n) is 1.95. The van der Waals surface area contributed by atoms with E-state index in [1.54, 1.807) is 25.1 Å². The molecule has 0 fully saturated rings. The summed E-state index contributed by atoms with van der Waals surface area (Å²) >= 11 is 1.22. The van der Waals surface area contributed by atoms with Gasteiger partial charge in [-0.2, -0.15) is 5.10 Å². The number of ether oxygens (including phenoxy) is 1. The van der Waals surface area contributed by atoms with E-state index in [0.29, 0.717) is 22.8 Å². The molecule has 0 unspecified atom stereocenters. The molecule has 2 N–H and O–H groups in total. The summed E-state index contributed by atoms with van der Waals surface area (Å²) < 4.78 is 5.69. The molecule has 0 bridgehead atoms. The average molecular weight is 344 g/mol. The van der Waals surface area contributed by atoms with E-state index in [1.807, 2.05) is 0 Å². The van der Waals surface area contributed by atoms with Gasteiger partial charge in [-0.3, -0.25) is 14.9 Å². The molecule has 0 aliphatic heterocycles. The number of carbonyl (C=O) groups excluding carboxylic acids is 2.